The zero-order chi connectivity index (χ0) is 19.1. The largest absolute Gasteiger partial charge is 0.345 e. The van der Waals surface area contributed by atoms with E-state index in [0.29, 0.717) is 0 Å². The van der Waals surface area contributed by atoms with Crippen molar-refractivity contribution in [3.63, 3.8) is 0 Å². The minimum atomic E-state index is -0.572. The molecule has 27 heavy (non-hydrogen) atoms. The molecule has 1 heterocycles. The monoisotopic (exact) mass is 381 g/mol. The normalized spacial score (nSPS) is 10.2. The van der Waals surface area contributed by atoms with Gasteiger partial charge in [0.05, 0.1) is 11.3 Å². The molecule has 3 rings (SSSR count). The van der Waals surface area contributed by atoms with Crippen LogP contribution in [0.3, 0.4) is 0 Å². The van der Waals surface area contributed by atoms with Crippen LogP contribution in [0.2, 0.25) is 0 Å². The SMILES string of the molecule is O=C(Cc1ccccc1)NNc1ncnc(Sc2ccccc2)c1[N+](=O)[O-]. The number of benzene rings is 2. The molecule has 3 aromatic rings. The van der Waals surface area contributed by atoms with Crippen molar-refractivity contribution >= 4 is 29.2 Å². The fraction of sp³-hybridized carbons (Fsp3) is 0.0556. The van der Waals surface area contributed by atoms with Gasteiger partial charge in [-0.05, 0) is 17.7 Å². The molecule has 0 unspecified atom stereocenters. The Morgan fingerprint density at radius 1 is 1.04 bits per heavy atom. The van der Waals surface area contributed by atoms with E-state index >= 15 is 0 Å². The van der Waals surface area contributed by atoms with Crippen LogP contribution in [0.15, 0.2) is 76.9 Å². The number of hydrazine groups is 1. The summed E-state index contributed by atoms with van der Waals surface area (Å²) in [5.74, 6) is -0.416. The van der Waals surface area contributed by atoms with E-state index in [2.05, 4.69) is 20.8 Å². The van der Waals surface area contributed by atoms with Crippen LogP contribution >= 0.6 is 11.8 Å². The number of carbonyl (C=O) groups excluding carboxylic acids is 1. The van der Waals surface area contributed by atoms with Crippen molar-refractivity contribution in [1.82, 2.24) is 15.4 Å². The molecule has 0 aliphatic rings. The van der Waals surface area contributed by atoms with Gasteiger partial charge in [-0.2, -0.15) is 0 Å². The maximum Gasteiger partial charge on any atom is 0.345 e. The van der Waals surface area contributed by atoms with E-state index in [1.807, 2.05) is 60.7 Å². The predicted octanol–water partition coefficient (Wildman–Crippen LogP) is 3.22. The van der Waals surface area contributed by atoms with Gasteiger partial charge in [-0.3, -0.25) is 25.8 Å². The fourth-order valence-corrected chi connectivity index (χ4v) is 3.13. The quantitative estimate of drug-likeness (QED) is 0.367. The van der Waals surface area contributed by atoms with Crippen LogP contribution in [-0.2, 0) is 11.2 Å². The molecule has 9 heteroatoms. The molecule has 0 radical (unpaired) electrons. The number of amides is 1. The highest BCUT2D eigenvalue weighted by atomic mass is 32.2. The smallest absolute Gasteiger partial charge is 0.276 e. The van der Waals surface area contributed by atoms with Crippen LogP contribution in [0, 0.1) is 10.1 Å². The van der Waals surface area contributed by atoms with Gasteiger partial charge in [-0.25, -0.2) is 9.97 Å². The maximum absolute atomic E-state index is 12.1. The second-order valence-corrected chi connectivity index (χ2v) is 6.45. The molecule has 2 aromatic carbocycles. The predicted molar refractivity (Wildman–Crippen MR) is 101 cm³/mol. The Morgan fingerprint density at radius 2 is 1.70 bits per heavy atom. The zero-order valence-electron chi connectivity index (χ0n) is 14.0. The number of rotatable bonds is 7. The number of nitrogens with one attached hydrogen (secondary N) is 2. The van der Waals surface area contributed by atoms with E-state index in [1.165, 1.54) is 6.33 Å². The van der Waals surface area contributed by atoms with E-state index in [-0.39, 0.29) is 28.9 Å². The van der Waals surface area contributed by atoms with Gasteiger partial charge in [0.15, 0.2) is 5.03 Å². The molecule has 0 saturated carbocycles. The van der Waals surface area contributed by atoms with E-state index < -0.39 is 4.92 Å². The van der Waals surface area contributed by atoms with Crippen LogP contribution in [0.25, 0.3) is 0 Å². The number of aromatic nitrogens is 2. The first kappa shape index (κ1) is 18.3. The molecule has 0 fully saturated rings. The van der Waals surface area contributed by atoms with Gasteiger partial charge in [0, 0.05) is 4.90 Å². The molecule has 2 N–H and O–H groups in total. The van der Waals surface area contributed by atoms with Gasteiger partial charge >= 0.3 is 5.69 Å². The summed E-state index contributed by atoms with van der Waals surface area (Å²) in [6.07, 6.45) is 1.35. The summed E-state index contributed by atoms with van der Waals surface area (Å²) in [5, 5.41) is 11.7. The molecule has 1 aromatic heterocycles. The van der Waals surface area contributed by atoms with Gasteiger partial charge in [0.1, 0.15) is 6.33 Å². The summed E-state index contributed by atoms with van der Waals surface area (Å²) in [5.41, 5.74) is 5.50. The molecule has 0 saturated heterocycles. The third-order valence-electron chi connectivity index (χ3n) is 3.46. The molecule has 1 amide bonds. The molecule has 0 aliphatic carbocycles. The van der Waals surface area contributed by atoms with Gasteiger partial charge in [-0.15, -0.1) is 0 Å². The maximum atomic E-state index is 12.1. The lowest BCUT2D eigenvalue weighted by molar-refractivity contribution is -0.387. The van der Waals surface area contributed by atoms with E-state index in [0.717, 1.165) is 22.2 Å². The Labute approximate surface area is 159 Å². The van der Waals surface area contributed by atoms with Crippen molar-refractivity contribution in [2.75, 3.05) is 5.43 Å². The number of nitrogens with zero attached hydrogens (tertiary/aromatic N) is 3. The second-order valence-electron chi connectivity index (χ2n) is 5.38. The summed E-state index contributed by atoms with van der Waals surface area (Å²) < 4.78 is 0. The summed E-state index contributed by atoms with van der Waals surface area (Å²) in [7, 11) is 0. The van der Waals surface area contributed by atoms with Crippen LogP contribution in [0.4, 0.5) is 11.5 Å². The van der Waals surface area contributed by atoms with E-state index in [4.69, 9.17) is 0 Å². The molecule has 0 atom stereocenters. The number of hydrogen-bond acceptors (Lipinski definition) is 7. The Balaban J connectivity index is 1.74. The number of carbonyl (C=O) groups is 1. The first-order chi connectivity index (χ1) is 13.1. The second kappa shape index (κ2) is 8.77. The van der Waals surface area contributed by atoms with Gasteiger partial charge in [-0.1, -0.05) is 60.3 Å². The van der Waals surface area contributed by atoms with Crippen LogP contribution < -0.4 is 10.9 Å². The van der Waals surface area contributed by atoms with Crippen molar-refractivity contribution in [2.45, 2.75) is 16.3 Å². The standard InChI is InChI=1S/C18H15N5O3S/c24-15(11-13-7-3-1-4-8-13)21-22-17-16(23(25)26)18(20-12-19-17)27-14-9-5-2-6-10-14/h1-10,12H,11H2,(H,21,24)(H,19,20,22). The summed E-state index contributed by atoms with van der Waals surface area (Å²) >= 11 is 1.15. The Bertz CT molecular complexity index is 938. The average molecular weight is 381 g/mol. The Morgan fingerprint density at radius 3 is 2.37 bits per heavy atom. The van der Waals surface area contributed by atoms with Gasteiger partial charge < -0.3 is 0 Å². The van der Waals surface area contributed by atoms with Crippen molar-refractivity contribution in [2.24, 2.45) is 0 Å². The lowest BCUT2D eigenvalue weighted by atomic mass is 10.1. The van der Waals surface area contributed by atoms with E-state index in [9.17, 15) is 14.9 Å². The fourth-order valence-electron chi connectivity index (χ4n) is 2.25. The number of nitro groups is 1. The third-order valence-corrected chi connectivity index (χ3v) is 4.46. The Kier molecular flexibility index (Phi) is 5.95. The van der Waals surface area contributed by atoms with Crippen molar-refractivity contribution in [1.29, 1.82) is 0 Å². The van der Waals surface area contributed by atoms with Crippen LogP contribution in [0.5, 0.6) is 0 Å². The minimum absolute atomic E-state index is 0.0742. The first-order valence-electron chi connectivity index (χ1n) is 7.94. The highest BCUT2D eigenvalue weighted by Gasteiger charge is 2.24. The number of hydrogen-bond donors (Lipinski definition) is 2. The molecular weight excluding hydrogens is 366 g/mol. The molecule has 0 aliphatic heterocycles. The van der Waals surface area contributed by atoms with Crippen molar-refractivity contribution in [3.05, 3.63) is 82.7 Å². The molecular formula is C18H15N5O3S. The van der Waals surface area contributed by atoms with Crippen molar-refractivity contribution < 1.29 is 9.72 Å². The molecule has 0 bridgehead atoms. The highest BCUT2D eigenvalue weighted by Crippen LogP contribution is 2.35. The van der Waals surface area contributed by atoms with Crippen molar-refractivity contribution in [3.8, 4) is 0 Å². The lowest BCUT2D eigenvalue weighted by Crippen LogP contribution is -2.31. The van der Waals surface area contributed by atoms with Gasteiger partial charge in [0.2, 0.25) is 11.7 Å². The number of anilines is 1. The van der Waals surface area contributed by atoms with Gasteiger partial charge in [0.25, 0.3) is 0 Å². The first-order valence-corrected chi connectivity index (χ1v) is 8.76. The summed E-state index contributed by atoms with van der Waals surface area (Å²) in [4.78, 5) is 31.7. The van der Waals surface area contributed by atoms with E-state index in [1.54, 1.807) is 0 Å². The lowest BCUT2D eigenvalue weighted by Gasteiger charge is -2.09. The highest BCUT2D eigenvalue weighted by molar-refractivity contribution is 7.99. The van der Waals surface area contributed by atoms with Crippen LogP contribution in [0.1, 0.15) is 5.56 Å². The molecule has 8 nitrogen and oxygen atoms in total. The summed E-state index contributed by atoms with van der Waals surface area (Å²) in [6.45, 7) is 0. The molecule has 136 valence electrons. The topological polar surface area (TPSA) is 110 Å². The Hall–Kier alpha value is -3.46. The zero-order valence-corrected chi connectivity index (χ0v) is 14.8. The molecule has 0 spiro atoms. The minimum Gasteiger partial charge on any atom is -0.276 e. The average Bonchev–Trinajstić information content (AvgIpc) is 2.68. The summed E-state index contributed by atoms with van der Waals surface area (Å²) in [6, 6.07) is 18.3. The third kappa shape index (κ3) is 5.02. The van der Waals surface area contributed by atoms with Crippen LogP contribution in [-0.4, -0.2) is 20.8 Å².